The van der Waals surface area contributed by atoms with E-state index >= 15 is 0 Å². The van der Waals surface area contributed by atoms with Gasteiger partial charge in [0.15, 0.2) is 16.7 Å². The molecule has 1 heterocycles. The summed E-state index contributed by atoms with van der Waals surface area (Å²) in [5.74, 6) is 1.50. The largest absolute Gasteiger partial charge is 0.493 e. The van der Waals surface area contributed by atoms with Crippen LogP contribution in [0.3, 0.4) is 0 Å². The second-order valence-corrected chi connectivity index (χ2v) is 6.93. The van der Waals surface area contributed by atoms with E-state index in [1.54, 1.807) is 21.3 Å². The number of methoxy groups -OCH3 is 3. The van der Waals surface area contributed by atoms with Gasteiger partial charge >= 0.3 is 0 Å². The predicted octanol–water partition coefficient (Wildman–Crippen LogP) is 3.21. The van der Waals surface area contributed by atoms with Crippen molar-refractivity contribution in [2.45, 2.75) is 31.7 Å². The van der Waals surface area contributed by atoms with E-state index in [2.05, 4.69) is 10.3 Å². The third-order valence-corrected chi connectivity index (χ3v) is 5.18. The van der Waals surface area contributed by atoms with Gasteiger partial charge in [-0.25, -0.2) is 0 Å². The number of carbonyl (C=O) groups excluding carboxylic acids is 1. The number of amides is 1. The quantitative estimate of drug-likeness (QED) is 0.815. The third kappa shape index (κ3) is 3.92. The zero-order valence-electron chi connectivity index (χ0n) is 14.6. The lowest BCUT2D eigenvalue weighted by molar-refractivity contribution is -0.115. The molecule has 1 aromatic rings. The zero-order chi connectivity index (χ0) is 17.8. The first-order chi connectivity index (χ1) is 12.1. The maximum absolute atomic E-state index is 12.2. The minimum Gasteiger partial charge on any atom is -0.493 e. The number of rotatable bonds is 5. The Balaban J connectivity index is 1.86. The van der Waals surface area contributed by atoms with Gasteiger partial charge in [0, 0.05) is 0 Å². The van der Waals surface area contributed by atoms with E-state index in [-0.39, 0.29) is 5.91 Å². The number of hydrogen-bond acceptors (Lipinski definition) is 6. The minimum atomic E-state index is -0.129. The number of benzene rings is 1. The minimum absolute atomic E-state index is 0.129. The number of carbonyl (C=O) groups is 1. The number of thioether (sulfide) groups is 1. The first kappa shape index (κ1) is 17.7. The highest BCUT2D eigenvalue weighted by Crippen LogP contribution is 2.39. The van der Waals surface area contributed by atoms with Gasteiger partial charge in [0.25, 0.3) is 5.91 Å². The topological polar surface area (TPSA) is 69.2 Å². The molecule has 1 aliphatic heterocycles. The summed E-state index contributed by atoms with van der Waals surface area (Å²) in [4.78, 5) is 17.5. The summed E-state index contributed by atoms with van der Waals surface area (Å²) < 4.78 is 16.0. The van der Waals surface area contributed by atoms with Gasteiger partial charge < -0.3 is 19.5 Å². The number of ether oxygens (including phenoxy) is 3. The summed E-state index contributed by atoms with van der Waals surface area (Å²) in [6, 6.07) is 3.96. The van der Waals surface area contributed by atoms with Crippen LogP contribution < -0.4 is 19.5 Å². The van der Waals surface area contributed by atoms with Crippen LogP contribution in [0.4, 0.5) is 0 Å². The maximum atomic E-state index is 12.2. The van der Waals surface area contributed by atoms with Gasteiger partial charge in [-0.15, -0.1) is 0 Å². The van der Waals surface area contributed by atoms with E-state index in [0.717, 1.165) is 18.4 Å². The molecule has 0 bridgehead atoms. The lowest BCUT2D eigenvalue weighted by atomic mass is 10.1. The van der Waals surface area contributed by atoms with Crippen LogP contribution in [-0.2, 0) is 4.79 Å². The first-order valence-electron chi connectivity index (χ1n) is 8.23. The van der Waals surface area contributed by atoms with Crippen molar-refractivity contribution in [1.29, 1.82) is 0 Å². The number of nitrogens with zero attached hydrogens (tertiary/aromatic N) is 1. The predicted molar refractivity (Wildman–Crippen MR) is 99.5 cm³/mol. The van der Waals surface area contributed by atoms with Crippen molar-refractivity contribution >= 4 is 28.9 Å². The molecule has 0 aromatic heterocycles. The highest BCUT2D eigenvalue weighted by molar-refractivity contribution is 8.18. The molecule has 0 spiro atoms. The van der Waals surface area contributed by atoms with Crippen molar-refractivity contribution < 1.29 is 19.0 Å². The molecule has 2 fully saturated rings. The molecule has 2 aliphatic rings. The van der Waals surface area contributed by atoms with E-state index in [9.17, 15) is 4.79 Å². The van der Waals surface area contributed by atoms with Gasteiger partial charge in [0.05, 0.1) is 32.3 Å². The molecule has 1 saturated heterocycles. The molecule has 1 amide bonds. The van der Waals surface area contributed by atoms with Crippen LogP contribution in [0, 0.1) is 0 Å². The molecule has 0 radical (unpaired) electrons. The monoisotopic (exact) mass is 362 g/mol. The average Bonchev–Trinajstić information content (AvgIpc) is 3.24. The molecule has 1 aliphatic carbocycles. The second kappa shape index (κ2) is 7.82. The Morgan fingerprint density at radius 3 is 2.32 bits per heavy atom. The average molecular weight is 362 g/mol. The van der Waals surface area contributed by atoms with Gasteiger partial charge in [-0.1, -0.05) is 12.8 Å². The van der Waals surface area contributed by atoms with Crippen LogP contribution in [0.2, 0.25) is 0 Å². The number of hydrogen-bond donors (Lipinski definition) is 1. The number of nitrogens with one attached hydrogen (secondary N) is 1. The normalized spacial score (nSPS) is 21.0. The summed E-state index contributed by atoms with van der Waals surface area (Å²) in [5, 5.41) is 3.54. The molecule has 6 nitrogen and oxygen atoms in total. The smallest absolute Gasteiger partial charge is 0.264 e. The van der Waals surface area contributed by atoms with Crippen LogP contribution in [0.25, 0.3) is 6.08 Å². The van der Waals surface area contributed by atoms with Crippen LogP contribution in [-0.4, -0.2) is 38.4 Å². The highest BCUT2D eigenvalue weighted by atomic mass is 32.2. The fraction of sp³-hybridized carbons (Fsp3) is 0.444. The maximum Gasteiger partial charge on any atom is 0.264 e. The Labute approximate surface area is 151 Å². The lowest BCUT2D eigenvalue weighted by Gasteiger charge is -2.12. The Bertz CT molecular complexity index is 699. The zero-order valence-corrected chi connectivity index (χ0v) is 15.4. The van der Waals surface area contributed by atoms with Gasteiger partial charge in [-0.05, 0) is 48.4 Å². The Hall–Kier alpha value is -2.15. The summed E-state index contributed by atoms with van der Waals surface area (Å²) >= 11 is 1.37. The van der Waals surface area contributed by atoms with E-state index in [1.165, 1.54) is 24.6 Å². The summed E-state index contributed by atoms with van der Waals surface area (Å²) in [7, 11) is 4.69. The van der Waals surface area contributed by atoms with Crippen molar-refractivity contribution in [1.82, 2.24) is 5.32 Å². The first-order valence-corrected chi connectivity index (χ1v) is 9.05. The summed E-state index contributed by atoms with van der Waals surface area (Å²) in [6.45, 7) is 0. The Morgan fingerprint density at radius 2 is 1.76 bits per heavy atom. The van der Waals surface area contributed by atoms with Crippen LogP contribution in [0.15, 0.2) is 22.0 Å². The molecular weight excluding hydrogens is 340 g/mol. The fourth-order valence-electron chi connectivity index (χ4n) is 3.02. The fourth-order valence-corrected chi connectivity index (χ4v) is 3.92. The molecule has 1 N–H and O–H groups in total. The Kier molecular flexibility index (Phi) is 5.53. The molecule has 0 unspecified atom stereocenters. The molecule has 25 heavy (non-hydrogen) atoms. The van der Waals surface area contributed by atoms with Gasteiger partial charge in [-0.3, -0.25) is 9.79 Å². The van der Waals surface area contributed by atoms with Crippen molar-refractivity contribution in [3.8, 4) is 17.2 Å². The van der Waals surface area contributed by atoms with Crippen molar-refractivity contribution in [2.24, 2.45) is 4.99 Å². The summed E-state index contributed by atoms with van der Waals surface area (Å²) in [5.41, 5.74) is 0.800. The number of amidine groups is 1. The van der Waals surface area contributed by atoms with Gasteiger partial charge in [0.2, 0.25) is 5.75 Å². The van der Waals surface area contributed by atoms with E-state index in [0.29, 0.717) is 33.4 Å². The van der Waals surface area contributed by atoms with E-state index < -0.39 is 0 Å². The third-order valence-electron chi connectivity index (χ3n) is 4.26. The highest BCUT2D eigenvalue weighted by Gasteiger charge is 2.26. The lowest BCUT2D eigenvalue weighted by Crippen LogP contribution is -2.21. The Morgan fingerprint density at radius 1 is 1.12 bits per heavy atom. The SMILES string of the molecule is COc1cc(/C=C2/SC(=NC3CCCC3)NC2=O)cc(OC)c1OC. The van der Waals surface area contributed by atoms with Gasteiger partial charge in [0.1, 0.15) is 0 Å². The van der Waals surface area contributed by atoms with Crippen LogP contribution in [0.5, 0.6) is 17.2 Å². The second-order valence-electron chi connectivity index (χ2n) is 5.90. The van der Waals surface area contributed by atoms with Crippen LogP contribution in [0.1, 0.15) is 31.2 Å². The molecule has 1 aromatic carbocycles. The van der Waals surface area contributed by atoms with Crippen molar-refractivity contribution in [3.63, 3.8) is 0 Å². The van der Waals surface area contributed by atoms with Crippen molar-refractivity contribution in [3.05, 3.63) is 22.6 Å². The van der Waals surface area contributed by atoms with Crippen molar-refractivity contribution in [2.75, 3.05) is 21.3 Å². The van der Waals surface area contributed by atoms with Gasteiger partial charge in [-0.2, -0.15) is 0 Å². The standard InChI is InChI=1S/C18H22N2O4S/c1-22-13-8-11(9-14(23-2)16(13)24-3)10-15-17(21)20-18(25-15)19-12-6-4-5-7-12/h8-10,12H,4-7H2,1-3H3,(H,19,20,21)/b15-10+. The van der Waals surface area contributed by atoms with E-state index in [4.69, 9.17) is 14.2 Å². The molecule has 1 saturated carbocycles. The molecule has 7 heteroatoms. The van der Waals surface area contributed by atoms with Crippen LogP contribution >= 0.6 is 11.8 Å². The number of aliphatic imine (C=N–C) groups is 1. The molecule has 0 atom stereocenters. The van der Waals surface area contributed by atoms with E-state index in [1.807, 2.05) is 18.2 Å². The summed E-state index contributed by atoms with van der Waals surface area (Å²) in [6.07, 6.45) is 6.45. The molecular formula is C18H22N2O4S. The molecule has 3 rings (SSSR count). The molecule has 134 valence electrons.